The van der Waals surface area contributed by atoms with E-state index in [2.05, 4.69) is 18.7 Å². The fourth-order valence-electron chi connectivity index (χ4n) is 2.06. The van der Waals surface area contributed by atoms with E-state index in [-0.39, 0.29) is 12.5 Å². The lowest BCUT2D eigenvalue weighted by Gasteiger charge is -2.22. The average molecular weight is 228 g/mol. The van der Waals surface area contributed by atoms with Gasteiger partial charge in [0.25, 0.3) is 0 Å². The topological polar surface area (TPSA) is 43.8 Å². The van der Waals surface area contributed by atoms with Crippen LogP contribution in [0, 0.1) is 5.92 Å². The maximum atomic E-state index is 11.9. The second-order valence-electron chi connectivity index (χ2n) is 4.90. The third-order valence-electron chi connectivity index (χ3n) is 2.94. The summed E-state index contributed by atoms with van der Waals surface area (Å²) in [5.74, 6) is 0.713. The van der Waals surface area contributed by atoms with Gasteiger partial charge in [-0.2, -0.15) is 0 Å². The molecule has 0 aromatic rings. The highest BCUT2D eigenvalue weighted by Crippen LogP contribution is 2.08. The first-order chi connectivity index (χ1) is 7.63. The summed E-state index contributed by atoms with van der Waals surface area (Å²) in [6, 6.07) is 0. The summed E-state index contributed by atoms with van der Waals surface area (Å²) >= 11 is 0. The van der Waals surface area contributed by atoms with E-state index in [1.807, 2.05) is 4.90 Å². The number of rotatable bonds is 4. The molecule has 0 aromatic heterocycles. The maximum Gasteiger partial charge on any atom is 0.222 e. The zero-order valence-corrected chi connectivity index (χ0v) is 10.5. The van der Waals surface area contributed by atoms with Crippen molar-refractivity contribution in [2.24, 2.45) is 5.92 Å². The van der Waals surface area contributed by atoms with E-state index < -0.39 is 0 Å². The van der Waals surface area contributed by atoms with E-state index in [4.69, 9.17) is 5.11 Å². The number of nitrogens with zero attached hydrogens (tertiary/aromatic N) is 2. The van der Waals surface area contributed by atoms with Crippen LogP contribution in [-0.4, -0.2) is 60.1 Å². The van der Waals surface area contributed by atoms with Crippen molar-refractivity contribution in [3.8, 4) is 0 Å². The predicted molar refractivity (Wildman–Crippen MR) is 64.2 cm³/mol. The first-order valence-electron chi connectivity index (χ1n) is 6.24. The summed E-state index contributed by atoms with van der Waals surface area (Å²) < 4.78 is 0. The molecule has 1 saturated heterocycles. The van der Waals surface area contributed by atoms with Gasteiger partial charge >= 0.3 is 0 Å². The van der Waals surface area contributed by atoms with Gasteiger partial charge in [0.2, 0.25) is 5.91 Å². The Morgan fingerprint density at radius 2 is 2.00 bits per heavy atom. The highest BCUT2D eigenvalue weighted by Gasteiger charge is 2.19. The molecule has 0 bridgehead atoms. The summed E-state index contributed by atoms with van der Waals surface area (Å²) in [6.07, 6.45) is 1.67. The molecule has 1 rings (SSSR count). The van der Waals surface area contributed by atoms with E-state index in [1.54, 1.807) is 0 Å². The van der Waals surface area contributed by atoms with Crippen LogP contribution in [0.5, 0.6) is 0 Å². The van der Waals surface area contributed by atoms with Crippen molar-refractivity contribution in [2.75, 3.05) is 39.3 Å². The number of hydrogen-bond acceptors (Lipinski definition) is 3. The van der Waals surface area contributed by atoms with Crippen molar-refractivity contribution in [1.82, 2.24) is 9.80 Å². The minimum atomic E-state index is 0.208. The van der Waals surface area contributed by atoms with E-state index in [0.717, 1.165) is 39.1 Å². The molecule has 1 aliphatic heterocycles. The summed E-state index contributed by atoms with van der Waals surface area (Å²) in [5, 5.41) is 8.88. The third-order valence-corrected chi connectivity index (χ3v) is 2.94. The normalized spacial score (nSPS) is 18.9. The molecule has 0 aromatic carbocycles. The molecule has 1 N–H and O–H groups in total. The van der Waals surface area contributed by atoms with Crippen LogP contribution in [0.15, 0.2) is 0 Å². The van der Waals surface area contributed by atoms with Crippen LogP contribution in [0.25, 0.3) is 0 Å². The lowest BCUT2D eigenvalue weighted by molar-refractivity contribution is -0.131. The van der Waals surface area contributed by atoms with Crippen LogP contribution >= 0.6 is 0 Å². The molecule has 16 heavy (non-hydrogen) atoms. The van der Waals surface area contributed by atoms with Crippen LogP contribution < -0.4 is 0 Å². The summed E-state index contributed by atoms with van der Waals surface area (Å²) in [4.78, 5) is 16.1. The molecule has 1 fully saturated rings. The van der Waals surface area contributed by atoms with Gasteiger partial charge in [0.1, 0.15) is 0 Å². The first kappa shape index (κ1) is 13.5. The van der Waals surface area contributed by atoms with E-state index in [1.165, 1.54) is 0 Å². The second kappa shape index (κ2) is 6.86. The molecule has 94 valence electrons. The number of amides is 1. The minimum absolute atomic E-state index is 0.208. The molecule has 0 atom stereocenters. The van der Waals surface area contributed by atoms with E-state index in [9.17, 15) is 4.79 Å². The molecule has 0 spiro atoms. The summed E-state index contributed by atoms with van der Waals surface area (Å²) in [5.41, 5.74) is 0. The Hall–Kier alpha value is -0.610. The molecule has 1 aliphatic rings. The summed E-state index contributed by atoms with van der Waals surface area (Å²) in [7, 11) is 0. The SMILES string of the molecule is CC(C)CC(=O)N1CCCN(CCO)CC1. The molecular formula is C12H24N2O2. The Balaban J connectivity index is 2.37. The molecular weight excluding hydrogens is 204 g/mol. The standard InChI is InChI=1S/C12H24N2O2/c1-11(2)10-12(16)14-5-3-4-13(6-7-14)8-9-15/h11,15H,3-10H2,1-2H3. The van der Waals surface area contributed by atoms with E-state index in [0.29, 0.717) is 12.3 Å². The van der Waals surface area contributed by atoms with Gasteiger partial charge in [-0.25, -0.2) is 0 Å². The Labute approximate surface area is 98.2 Å². The van der Waals surface area contributed by atoms with Gasteiger partial charge in [-0.3, -0.25) is 9.69 Å². The van der Waals surface area contributed by atoms with Crippen molar-refractivity contribution < 1.29 is 9.90 Å². The van der Waals surface area contributed by atoms with Crippen LogP contribution in [0.4, 0.5) is 0 Å². The quantitative estimate of drug-likeness (QED) is 0.764. The molecule has 4 heteroatoms. The first-order valence-corrected chi connectivity index (χ1v) is 6.24. The van der Waals surface area contributed by atoms with Gasteiger partial charge in [0.05, 0.1) is 6.61 Å². The van der Waals surface area contributed by atoms with Crippen molar-refractivity contribution in [1.29, 1.82) is 0 Å². The lowest BCUT2D eigenvalue weighted by Crippen LogP contribution is -2.36. The molecule has 1 heterocycles. The molecule has 0 radical (unpaired) electrons. The van der Waals surface area contributed by atoms with Crippen LogP contribution in [0.3, 0.4) is 0 Å². The molecule has 4 nitrogen and oxygen atoms in total. The highest BCUT2D eigenvalue weighted by atomic mass is 16.3. The molecule has 1 amide bonds. The van der Waals surface area contributed by atoms with Crippen molar-refractivity contribution >= 4 is 5.91 Å². The molecule has 0 aliphatic carbocycles. The van der Waals surface area contributed by atoms with Crippen LogP contribution in [-0.2, 0) is 4.79 Å². The Kier molecular flexibility index (Phi) is 5.77. The van der Waals surface area contributed by atoms with Crippen molar-refractivity contribution in [3.63, 3.8) is 0 Å². The smallest absolute Gasteiger partial charge is 0.222 e. The fourth-order valence-corrected chi connectivity index (χ4v) is 2.06. The Morgan fingerprint density at radius 3 is 2.62 bits per heavy atom. The van der Waals surface area contributed by atoms with Crippen LogP contribution in [0.1, 0.15) is 26.7 Å². The van der Waals surface area contributed by atoms with Gasteiger partial charge in [0, 0.05) is 32.6 Å². The van der Waals surface area contributed by atoms with E-state index >= 15 is 0 Å². The maximum absolute atomic E-state index is 11.9. The van der Waals surface area contributed by atoms with Crippen LogP contribution in [0.2, 0.25) is 0 Å². The predicted octanol–water partition coefficient (Wildman–Crippen LogP) is 0.559. The monoisotopic (exact) mass is 228 g/mol. The fraction of sp³-hybridized carbons (Fsp3) is 0.917. The van der Waals surface area contributed by atoms with Gasteiger partial charge in [-0.1, -0.05) is 13.8 Å². The zero-order valence-electron chi connectivity index (χ0n) is 10.5. The highest BCUT2D eigenvalue weighted by molar-refractivity contribution is 5.76. The number of aliphatic hydroxyl groups excluding tert-OH is 1. The van der Waals surface area contributed by atoms with Crippen molar-refractivity contribution in [2.45, 2.75) is 26.7 Å². The number of hydrogen-bond donors (Lipinski definition) is 1. The minimum Gasteiger partial charge on any atom is -0.395 e. The van der Waals surface area contributed by atoms with Gasteiger partial charge < -0.3 is 10.0 Å². The largest absolute Gasteiger partial charge is 0.395 e. The average Bonchev–Trinajstić information content (AvgIpc) is 2.43. The molecule has 0 unspecified atom stereocenters. The number of carbonyl (C=O) groups excluding carboxylic acids is 1. The Bertz CT molecular complexity index is 219. The zero-order chi connectivity index (χ0) is 12.0. The number of carbonyl (C=O) groups is 1. The third kappa shape index (κ3) is 4.49. The molecule has 0 saturated carbocycles. The number of β-amino-alcohol motifs (C(OH)–C–C–N with tert-alkyl or cyclic N) is 1. The van der Waals surface area contributed by atoms with Gasteiger partial charge in [-0.15, -0.1) is 0 Å². The summed E-state index contributed by atoms with van der Waals surface area (Å²) in [6.45, 7) is 8.66. The lowest BCUT2D eigenvalue weighted by atomic mass is 10.1. The Morgan fingerprint density at radius 1 is 1.25 bits per heavy atom. The van der Waals surface area contributed by atoms with Gasteiger partial charge in [-0.05, 0) is 18.9 Å². The van der Waals surface area contributed by atoms with Gasteiger partial charge in [0.15, 0.2) is 0 Å². The van der Waals surface area contributed by atoms with Crippen molar-refractivity contribution in [3.05, 3.63) is 0 Å². The second-order valence-corrected chi connectivity index (χ2v) is 4.90. The number of aliphatic hydroxyl groups is 1.